The summed E-state index contributed by atoms with van der Waals surface area (Å²) in [4.78, 5) is 8.42. The molecule has 0 aliphatic carbocycles. The van der Waals surface area contributed by atoms with Crippen LogP contribution in [0.5, 0.6) is 5.75 Å². The van der Waals surface area contributed by atoms with Crippen LogP contribution in [-0.4, -0.2) is 24.1 Å². The van der Waals surface area contributed by atoms with E-state index in [1.165, 1.54) is 0 Å². The number of hydrogen-bond donors (Lipinski definition) is 1. The first-order valence-electron chi connectivity index (χ1n) is 5.63. The van der Waals surface area contributed by atoms with E-state index in [0.717, 1.165) is 5.56 Å². The Hall–Kier alpha value is -1.36. The molecule has 2 aromatic rings. The van der Waals surface area contributed by atoms with Gasteiger partial charge >= 0.3 is 0 Å². The molecule has 6 heteroatoms. The molecule has 0 aliphatic rings. The third-order valence-electron chi connectivity index (χ3n) is 2.70. The number of aromatic nitrogens is 2. The molecule has 0 aromatic carbocycles. The van der Waals surface area contributed by atoms with Crippen LogP contribution < -0.4 is 10.1 Å². The molecule has 2 rings (SSSR count). The minimum Gasteiger partial charge on any atom is -0.495 e. The molecule has 0 radical (unpaired) electrons. The quantitative estimate of drug-likeness (QED) is 0.942. The molecule has 0 bridgehead atoms. The van der Waals surface area contributed by atoms with Gasteiger partial charge in [0.05, 0.1) is 35.1 Å². The second kappa shape index (κ2) is 6.19. The molecule has 0 aliphatic heterocycles. The molecular formula is C13H13Cl2N3O. The molecule has 100 valence electrons. The van der Waals surface area contributed by atoms with Gasteiger partial charge in [0.1, 0.15) is 5.75 Å². The number of ether oxygens (including phenoxy) is 1. The van der Waals surface area contributed by atoms with Crippen LogP contribution in [0, 0.1) is 0 Å². The smallest absolute Gasteiger partial charge is 0.137 e. The number of rotatable bonds is 4. The highest BCUT2D eigenvalue weighted by molar-refractivity contribution is 6.34. The van der Waals surface area contributed by atoms with E-state index in [9.17, 15) is 0 Å². The lowest BCUT2D eigenvalue weighted by molar-refractivity contribution is 0.411. The third-order valence-corrected chi connectivity index (χ3v) is 3.21. The van der Waals surface area contributed by atoms with Crippen molar-refractivity contribution >= 4 is 23.2 Å². The molecule has 4 nitrogen and oxygen atoms in total. The number of hydrogen-bond acceptors (Lipinski definition) is 4. The largest absolute Gasteiger partial charge is 0.495 e. The van der Waals surface area contributed by atoms with Gasteiger partial charge in [-0.1, -0.05) is 23.2 Å². The van der Waals surface area contributed by atoms with E-state index in [4.69, 9.17) is 27.9 Å². The van der Waals surface area contributed by atoms with Crippen molar-refractivity contribution < 1.29 is 4.74 Å². The van der Waals surface area contributed by atoms with Gasteiger partial charge in [0, 0.05) is 12.4 Å². The molecule has 2 aromatic heterocycles. The van der Waals surface area contributed by atoms with Crippen molar-refractivity contribution in [2.24, 2.45) is 0 Å². The first kappa shape index (κ1) is 14.1. The predicted octanol–water partition coefficient (Wildman–Crippen LogP) is 3.10. The summed E-state index contributed by atoms with van der Waals surface area (Å²) in [6.07, 6.45) is 4.96. The molecule has 1 unspecified atom stereocenters. The van der Waals surface area contributed by atoms with E-state index in [1.54, 1.807) is 31.8 Å². The van der Waals surface area contributed by atoms with Crippen LogP contribution in [0.3, 0.4) is 0 Å². The average Bonchev–Trinajstić information content (AvgIpc) is 2.42. The number of halogens is 2. The van der Waals surface area contributed by atoms with E-state index in [2.05, 4.69) is 15.3 Å². The van der Waals surface area contributed by atoms with E-state index in [0.29, 0.717) is 21.5 Å². The van der Waals surface area contributed by atoms with Crippen molar-refractivity contribution in [3.8, 4) is 5.75 Å². The van der Waals surface area contributed by atoms with E-state index >= 15 is 0 Å². The fourth-order valence-corrected chi connectivity index (χ4v) is 2.29. The molecule has 0 fully saturated rings. The average molecular weight is 298 g/mol. The summed E-state index contributed by atoms with van der Waals surface area (Å²) in [5.74, 6) is 0.683. The van der Waals surface area contributed by atoms with Gasteiger partial charge in [0.15, 0.2) is 0 Å². The van der Waals surface area contributed by atoms with Crippen LogP contribution >= 0.6 is 23.2 Å². The predicted molar refractivity (Wildman–Crippen MR) is 75.9 cm³/mol. The third kappa shape index (κ3) is 3.15. The molecule has 19 heavy (non-hydrogen) atoms. The summed E-state index contributed by atoms with van der Waals surface area (Å²) in [5.41, 5.74) is 1.61. The highest BCUT2D eigenvalue weighted by Crippen LogP contribution is 2.29. The molecule has 0 spiro atoms. The van der Waals surface area contributed by atoms with E-state index < -0.39 is 0 Å². The molecular weight excluding hydrogens is 285 g/mol. The molecule has 2 heterocycles. The van der Waals surface area contributed by atoms with Crippen molar-refractivity contribution in [1.82, 2.24) is 15.3 Å². The monoisotopic (exact) mass is 297 g/mol. The molecule has 0 saturated carbocycles. The lowest BCUT2D eigenvalue weighted by Crippen LogP contribution is -2.19. The highest BCUT2D eigenvalue weighted by Gasteiger charge is 2.18. The number of methoxy groups -OCH3 is 1. The maximum absolute atomic E-state index is 6.19. The van der Waals surface area contributed by atoms with Crippen molar-refractivity contribution in [3.05, 3.63) is 52.0 Å². The van der Waals surface area contributed by atoms with Crippen LogP contribution in [0.2, 0.25) is 10.0 Å². The van der Waals surface area contributed by atoms with E-state index in [-0.39, 0.29) is 6.04 Å². The van der Waals surface area contributed by atoms with Gasteiger partial charge in [-0.15, -0.1) is 0 Å². The minimum atomic E-state index is -0.174. The Morgan fingerprint density at radius 3 is 2.63 bits per heavy atom. The van der Waals surface area contributed by atoms with Crippen LogP contribution in [0.4, 0.5) is 0 Å². The van der Waals surface area contributed by atoms with Crippen LogP contribution in [0.15, 0.2) is 30.7 Å². The van der Waals surface area contributed by atoms with Gasteiger partial charge in [0.25, 0.3) is 0 Å². The lowest BCUT2D eigenvalue weighted by atomic mass is 10.1. The summed E-state index contributed by atoms with van der Waals surface area (Å²) in [6.45, 7) is 0. The first-order chi connectivity index (χ1) is 9.15. The van der Waals surface area contributed by atoms with Gasteiger partial charge in [-0.05, 0) is 24.7 Å². The van der Waals surface area contributed by atoms with Crippen molar-refractivity contribution in [2.45, 2.75) is 6.04 Å². The maximum atomic E-state index is 6.19. The standard InChI is InChI=1S/C13H13Cl2N3O/c1-16-12(8-3-10(19-2)7-17-5-8)13-11(15)4-9(14)6-18-13/h3-7,12,16H,1-2H3. The van der Waals surface area contributed by atoms with Gasteiger partial charge in [0.2, 0.25) is 0 Å². The second-order valence-electron chi connectivity index (χ2n) is 3.90. The normalized spacial score (nSPS) is 12.2. The fraction of sp³-hybridized carbons (Fsp3) is 0.231. The van der Waals surface area contributed by atoms with Crippen LogP contribution in [0.25, 0.3) is 0 Å². The molecule has 1 atom stereocenters. The van der Waals surface area contributed by atoms with Crippen LogP contribution in [0.1, 0.15) is 17.3 Å². The Morgan fingerprint density at radius 1 is 1.21 bits per heavy atom. The Bertz CT molecular complexity index is 578. The molecule has 0 amide bonds. The second-order valence-corrected chi connectivity index (χ2v) is 4.74. The zero-order valence-electron chi connectivity index (χ0n) is 10.5. The van der Waals surface area contributed by atoms with Crippen molar-refractivity contribution in [3.63, 3.8) is 0 Å². The Balaban J connectivity index is 2.43. The topological polar surface area (TPSA) is 47.0 Å². The zero-order valence-corrected chi connectivity index (χ0v) is 12.0. The van der Waals surface area contributed by atoms with Gasteiger partial charge in [-0.3, -0.25) is 9.97 Å². The van der Waals surface area contributed by atoms with Gasteiger partial charge < -0.3 is 10.1 Å². The van der Waals surface area contributed by atoms with Crippen molar-refractivity contribution in [2.75, 3.05) is 14.2 Å². The Kier molecular flexibility index (Phi) is 4.58. The van der Waals surface area contributed by atoms with Crippen LogP contribution in [-0.2, 0) is 0 Å². The fourth-order valence-electron chi connectivity index (χ4n) is 1.80. The SMILES string of the molecule is CNC(c1cncc(OC)c1)c1ncc(Cl)cc1Cl. The number of nitrogens with zero attached hydrogens (tertiary/aromatic N) is 2. The zero-order chi connectivity index (χ0) is 13.8. The summed E-state index contributed by atoms with van der Waals surface area (Å²) in [6, 6.07) is 3.39. The van der Waals surface area contributed by atoms with Gasteiger partial charge in [-0.25, -0.2) is 0 Å². The van der Waals surface area contributed by atoms with E-state index in [1.807, 2.05) is 13.1 Å². The Labute approximate surface area is 121 Å². The molecule has 0 saturated heterocycles. The summed E-state index contributed by atoms with van der Waals surface area (Å²) in [5, 5.41) is 4.18. The van der Waals surface area contributed by atoms with Gasteiger partial charge in [-0.2, -0.15) is 0 Å². The summed E-state index contributed by atoms with van der Waals surface area (Å²) in [7, 11) is 3.43. The maximum Gasteiger partial charge on any atom is 0.137 e. The number of nitrogens with one attached hydrogen (secondary N) is 1. The Morgan fingerprint density at radius 2 is 2.00 bits per heavy atom. The summed E-state index contributed by atoms with van der Waals surface area (Å²) < 4.78 is 5.17. The first-order valence-corrected chi connectivity index (χ1v) is 6.38. The highest BCUT2D eigenvalue weighted by atomic mass is 35.5. The summed E-state index contributed by atoms with van der Waals surface area (Å²) >= 11 is 12.0. The lowest BCUT2D eigenvalue weighted by Gasteiger charge is -2.17. The molecule has 1 N–H and O–H groups in total. The number of pyridine rings is 2. The van der Waals surface area contributed by atoms with Crippen molar-refractivity contribution in [1.29, 1.82) is 0 Å². The minimum absolute atomic E-state index is 0.174.